The first-order chi connectivity index (χ1) is 14.5. The number of aromatic nitrogens is 2. The van der Waals surface area contributed by atoms with Crippen molar-refractivity contribution in [2.45, 2.75) is 23.8 Å². The van der Waals surface area contributed by atoms with Crippen LogP contribution in [0.4, 0.5) is 5.69 Å². The molecule has 0 bridgehead atoms. The third kappa shape index (κ3) is 3.30. The number of aliphatic hydroxyl groups is 1. The molecule has 3 aromatic rings. The van der Waals surface area contributed by atoms with Crippen LogP contribution in [0.2, 0.25) is 0 Å². The van der Waals surface area contributed by atoms with E-state index in [9.17, 15) is 13.5 Å². The van der Waals surface area contributed by atoms with Crippen LogP contribution in [-0.2, 0) is 10.0 Å². The summed E-state index contributed by atoms with van der Waals surface area (Å²) in [6.07, 6.45) is 6.66. The van der Waals surface area contributed by atoms with E-state index in [1.54, 1.807) is 42.7 Å². The molecular formula is C22H24N4O3S. The van der Waals surface area contributed by atoms with Gasteiger partial charge in [0.2, 0.25) is 0 Å². The lowest BCUT2D eigenvalue weighted by molar-refractivity contribution is 0.198. The van der Waals surface area contributed by atoms with Crippen LogP contribution in [0.1, 0.15) is 18.4 Å². The average molecular weight is 425 g/mol. The first kappa shape index (κ1) is 19.3. The summed E-state index contributed by atoms with van der Waals surface area (Å²) in [6.45, 7) is 2.87. The molecule has 0 radical (unpaired) electrons. The second kappa shape index (κ2) is 7.54. The maximum absolute atomic E-state index is 13.6. The van der Waals surface area contributed by atoms with Crippen molar-refractivity contribution in [3.8, 4) is 0 Å². The molecule has 5 rings (SSSR count). The normalized spacial score (nSPS) is 20.0. The Hall–Kier alpha value is -2.68. The van der Waals surface area contributed by atoms with E-state index in [4.69, 9.17) is 0 Å². The Morgan fingerprint density at radius 1 is 1.20 bits per heavy atom. The Morgan fingerprint density at radius 2 is 2.10 bits per heavy atom. The van der Waals surface area contributed by atoms with Gasteiger partial charge >= 0.3 is 0 Å². The van der Waals surface area contributed by atoms with E-state index in [-0.39, 0.29) is 11.0 Å². The number of rotatable bonds is 4. The average Bonchev–Trinajstić information content (AvgIpc) is 3.39. The fraction of sp³-hybridized carbons (Fsp3) is 0.318. The second-order valence-corrected chi connectivity index (χ2v) is 9.60. The van der Waals surface area contributed by atoms with Crippen LogP contribution in [0.15, 0.2) is 59.8 Å². The van der Waals surface area contributed by atoms with Crippen molar-refractivity contribution in [1.29, 1.82) is 0 Å². The number of fused-ring (bicyclic) bond motifs is 1. The maximum Gasteiger partial charge on any atom is 0.268 e. The van der Waals surface area contributed by atoms with Crippen LogP contribution < -0.4 is 10.2 Å². The molecule has 0 saturated carbocycles. The summed E-state index contributed by atoms with van der Waals surface area (Å²) in [5, 5.41) is 13.1. The number of anilines is 1. The van der Waals surface area contributed by atoms with E-state index in [1.807, 2.05) is 11.0 Å². The van der Waals surface area contributed by atoms with E-state index in [0.29, 0.717) is 30.5 Å². The predicted molar refractivity (Wildman–Crippen MR) is 117 cm³/mol. The minimum Gasteiger partial charge on any atom is -0.391 e. The highest BCUT2D eigenvalue weighted by atomic mass is 32.2. The highest BCUT2D eigenvalue weighted by Gasteiger charge is 2.26. The van der Waals surface area contributed by atoms with E-state index >= 15 is 0 Å². The number of aliphatic hydroxyl groups excluding tert-OH is 1. The number of nitrogens with one attached hydrogen (secondary N) is 1. The van der Waals surface area contributed by atoms with Gasteiger partial charge < -0.3 is 15.3 Å². The highest BCUT2D eigenvalue weighted by Crippen LogP contribution is 2.32. The molecule has 4 heterocycles. The largest absolute Gasteiger partial charge is 0.391 e. The molecular weight excluding hydrogens is 400 g/mol. The molecule has 1 aromatic carbocycles. The second-order valence-electron chi connectivity index (χ2n) is 7.78. The summed E-state index contributed by atoms with van der Waals surface area (Å²) in [6, 6.07) is 10.5. The van der Waals surface area contributed by atoms with Gasteiger partial charge in [-0.3, -0.25) is 4.98 Å². The van der Waals surface area contributed by atoms with Gasteiger partial charge in [0, 0.05) is 43.3 Å². The van der Waals surface area contributed by atoms with Gasteiger partial charge in [0.05, 0.1) is 22.0 Å². The molecule has 30 heavy (non-hydrogen) atoms. The van der Waals surface area contributed by atoms with Gasteiger partial charge in [0.15, 0.2) is 0 Å². The number of β-amino-alcohol motifs (C(OH)–C–C–N with tert-alkyl or cyclic N) is 1. The SMILES string of the molecule is O=S(=O)(c1cccc(N2CCC(O)C2)c1)n1cc(C2=CCNCC2)c2ncccc21. The molecule has 2 aliphatic rings. The van der Waals surface area contributed by atoms with Crippen molar-refractivity contribution >= 4 is 32.3 Å². The summed E-state index contributed by atoms with van der Waals surface area (Å²) in [5.74, 6) is 0. The Balaban J connectivity index is 1.61. The van der Waals surface area contributed by atoms with Crippen molar-refractivity contribution in [3.05, 3.63) is 60.4 Å². The molecule has 2 N–H and O–H groups in total. The number of nitrogens with zero attached hydrogens (tertiary/aromatic N) is 3. The minimum absolute atomic E-state index is 0.230. The molecule has 0 amide bonds. The molecule has 2 aliphatic heterocycles. The topological polar surface area (TPSA) is 87.5 Å². The van der Waals surface area contributed by atoms with Crippen molar-refractivity contribution in [2.75, 3.05) is 31.1 Å². The molecule has 1 unspecified atom stereocenters. The van der Waals surface area contributed by atoms with Gasteiger partial charge in [-0.25, -0.2) is 12.4 Å². The Morgan fingerprint density at radius 3 is 2.87 bits per heavy atom. The lowest BCUT2D eigenvalue weighted by atomic mass is 10.0. The van der Waals surface area contributed by atoms with Crippen LogP contribution >= 0.6 is 0 Å². The molecule has 0 aliphatic carbocycles. The van der Waals surface area contributed by atoms with Gasteiger partial charge in [-0.1, -0.05) is 12.1 Å². The number of pyridine rings is 1. The molecule has 1 saturated heterocycles. The first-order valence-electron chi connectivity index (χ1n) is 10.2. The minimum atomic E-state index is -3.80. The zero-order valence-electron chi connectivity index (χ0n) is 16.5. The summed E-state index contributed by atoms with van der Waals surface area (Å²) >= 11 is 0. The van der Waals surface area contributed by atoms with Crippen molar-refractivity contribution in [1.82, 2.24) is 14.3 Å². The Labute approximate surface area is 175 Å². The van der Waals surface area contributed by atoms with Crippen LogP contribution in [-0.4, -0.2) is 54.8 Å². The molecule has 7 nitrogen and oxygen atoms in total. The fourth-order valence-corrected chi connectivity index (χ4v) is 5.66. The standard InChI is InChI=1S/C22H24N4O3S/c27-18-8-12-25(14-18)17-3-1-4-19(13-17)30(28,29)26-15-20(16-6-10-23-11-7-16)22-21(26)5-2-9-24-22/h1-6,9,13,15,18,23,27H,7-8,10-12,14H2. The van der Waals surface area contributed by atoms with Gasteiger partial charge in [-0.15, -0.1) is 0 Å². The van der Waals surface area contributed by atoms with E-state index in [1.165, 1.54) is 3.97 Å². The number of hydrogen-bond donors (Lipinski definition) is 2. The third-order valence-electron chi connectivity index (χ3n) is 5.84. The van der Waals surface area contributed by atoms with Crippen LogP contribution in [0.25, 0.3) is 16.6 Å². The summed E-state index contributed by atoms with van der Waals surface area (Å²) < 4.78 is 28.6. The number of hydrogen-bond acceptors (Lipinski definition) is 6. The number of benzene rings is 1. The van der Waals surface area contributed by atoms with Crippen molar-refractivity contribution in [2.24, 2.45) is 0 Å². The fourth-order valence-electron chi connectivity index (χ4n) is 4.26. The van der Waals surface area contributed by atoms with Crippen LogP contribution in [0, 0.1) is 0 Å². The highest BCUT2D eigenvalue weighted by molar-refractivity contribution is 7.90. The van der Waals surface area contributed by atoms with Crippen LogP contribution in [0.5, 0.6) is 0 Å². The van der Waals surface area contributed by atoms with Gasteiger partial charge in [-0.2, -0.15) is 0 Å². The summed E-state index contributed by atoms with van der Waals surface area (Å²) in [5.41, 5.74) is 4.08. The van der Waals surface area contributed by atoms with Gasteiger partial charge in [-0.05, 0) is 55.3 Å². The Kier molecular flexibility index (Phi) is 4.85. The lowest BCUT2D eigenvalue weighted by Gasteiger charge is -2.18. The Bertz CT molecular complexity index is 1230. The van der Waals surface area contributed by atoms with E-state index in [0.717, 1.165) is 36.3 Å². The zero-order valence-corrected chi connectivity index (χ0v) is 17.3. The van der Waals surface area contributed by atoms with Gasteiger partial charge in [0.1, 0.15) is 0 Å². The third-order valence-corrected chi connectivity index (χ3v) is 7.51. The molecule has 0 spiro atoms. The molecule has 8 heteroatoms. The van der Waals surface area contributed by atoms with Gasteiger partial charge in [0.25, 0.3) is 10.0 Å². The van der Waals surface area contributed by atoms with E-state index in [2.05, 4.69) is 16.4 Å². The smallest absolute Gasteiger partial charge is 0.268 e. The lowest BCUT2D eigenvalue weighted by Crippen LogP contribution is -2.21. The monoisotopic (exact) mass is 424 g/mol. The van der Waals surface area contributed by atoms with Crippen LogP contribution in [0.3, 0.4) is 0 Å². The molecule has 2 aromatic heterocycles. The maximum atomic E-state index is 13.6. The molecule has 156 valence electrons. The zero-order chi connectivity index (χ0) is 20.7. The summed E-state index contributed by atoms with van der Waals surface area (Å²) in [4.78, 5) is 6.74. The summed E-state index contributed by atoms with van der Waals surface area (Å²) in [7, 11) is -3.80. The molecule has 1 atom stereocenters. The molecule has 1 fully saturated rings. The first-order valence-corrected chi connectivity index (χ1v) is 11.6. The van der Waals surface area contributed by atoms with Crippen molar-refractivity contribution < 1.29 is 13.5 Å². The van der Waals surface area contributed by atoms with E-state index < -0.39 is 10.0 Å². The quantitative estimate of drug-likeness (QED) is 0.668. The van der Waals surface area contributed by atoms with Crippen molar-refractivity contribution in [3.63, 3.8) is 0 Å². The predicted octanol–water partition coefficient (Wildman–Crippen LogP) is 2.22.